The Hall–Kier alpha value is -2.17. The van der Waals surface area contributed by atoms with Crippen molar-refractivity contribution in [3.63, 3.8) is 0 Å². The van der Waals surface area contributed by atoms with Crippen molar-refractivity contribution < 1.29 is 9.53 Å². The van der Waals surface area contributed by atoms with Gasteiger partial charge in [0.15, 0.2) is 6.29 Å². The number of ether oxygens (including phenoxy) is 1. The summed E-state index contributed by atoms with van der Waals surface area (Å²) in [4.78, 5) is 11.3. The van der Waals surface area contributed by atoms with E-state index < -0.39 is 0 Å². The highest BCUT2D eigenvalue weighted by molar-refractivity contribution is 5.74. The SMILES string of the molecule is COc1cccc(-n2nnc(C=O)c2C2CCCCC2)c1. The van der Waals surface area contributed by atoms with Crippen LogP contribution in [0, 0.1) is 0 Å². The number of rotatable bonds is 4. The molecule has 0 atom stereocenters. The Morgan fingerprint density at radius 1 is 1.29 bits per heavy atom. The minimum absolute atomic E-state index is 0.361. The Morgan fingerprint density at radius 2 is 2.10 bits per heavy atom. The second-order valence-electron chi connectivity index (χ2n) is 5.43. The number of benzene rings is 1. The average molecular weight is 285 g/mol. The Bertz CT molecular complexity index is 630. The highest BCUT2D eigenvalue weighted by Crippen LogP contribution is 2.34. The van der Waals surface area contributed by atoms with Gasteiger partial charge < -0.3 is 4.74 Å². The van der Waals surface area contributed by atoms with Gasteiger partial charge in [-0.15, -0.1) is 5.10 Å². The van der Waals surface area contributed by atoms with E-state index in [0.717, 1.165) is 36.3 Å². The third-order valence-electron chi connectivity index (χ3n) is 4.13. The van der Waals surface area contributed by atoms with Crippen LogP contribution in [0.15, 0.2) is 24.3 Å². The molecule has 0 radical (unpaired) electrons. The fraction of sp³-hybridized carbons (Fsp3) is 0.438. The van der Waals surface area contributed by atoms with Crippen LogP contribution in [0.1, 0.15) is 54.2 Å². The van der Waals surface area contributed by atoms with Gasteiger partial charge >= 0.3 is 0 Å². The van der Waals surface area contributed by atoms with Gasteiger partial charge in [-0.3, -0.25) is 4.79 Å². The molecule has 0 saturated heterocycles. The van der Waals surface area contributed by atoms with E-state index in [-0.39, 0.29) is 0 Å². The van der Waals surface area contributed by atoms with E-state index >= 15 is 0 Å². The summed E-state index contributed by atoms with van der Waals surface area (Å²) in [6.45, 7) is 0. The van der Waals surface area contributed by atoms with Gasteiger partial charge in [0.1, 0.15) is 11.4 Å². The molecule has 1 heterocycles. The lowest BCUT2D eigenvalue weighted by atomic mass is 9.86. The van der Waals surface area contributed by atoms with Crippen molar-refractivity contribution in [3.05, 3.63) is 35.7 Å². The largest absolute Gasteiger partial charge is 0.497 e. The fourth-order valence-corrected chi connectivity index (χ4v) is 3.08. The van der Waals surface area contributed by atoms with Crippen LogP contribution in [0.5, 0.6) is 5.75 Å². The summed E-state index contributed by atoms with van der Waals surface area (Å²) in [7, 11) is 1.64. The van der Waals surface area contributed by atoms with E-state index in [4.69, 9.17) is 4.74 Å². The Morgan fingerprint density at radius 3 is 2.81 bits per heavy atom. The molecular formula is C16H19N3O2. The number of hydrogen-bond acceptors (Lipinski definition) is 4. The van der Waals surface area contributed by atoms with Gasteiger partial charge in [0.2, 0.25) is 0 Å². The molecule has 110 valence electrons. The predicted molar refractivity (Wildman–Crippen MR) is 79.1 cm³/mol. The lowest BCUT2D eigenvalue weighted by Gasteiger charge is -2.22. The van der Waals surface area contributed by atoms with Crippen LogP contribution >= 0.6 is 0 Å². The summed E-state index contributed by atoms with van der Waals surface area (Å²) in [6.07, 6.45) is 6.68. The number of aromatic nitrogens is 3. The molecule has 0 amide bonds. The van der Waals surface area contributed by atoms with Crippen molar-refractivity contribution in [2.24, 2.45) is 0 Å². The number of aldehydes is 1. The molecule has 1 fully saturated rings. The monoisotopic (exact) mass is 285 g/mol. The molecule has 5 nitrogen and oxygen atoms in total. The van der Waals surface area contributed by atoms with Crippen LogP contribution in [0.4, 0.5) is 0 Å². The predicted octanol–water partition coefficient (Wildman–Crippen LogP) is 3.14. The Kier molecular flexibility index (Phi) is 3.99. The Balaban J connectivity index is 2.05. The summed E-state index contributed by atoms with van der Waals surface area (Å²) in [5.41, 5.74) is 2.29. The first-order valence-electron chi connectivity index (χ1n) is 7.38. The van der Waals surface area contributed by atoms with Crippen molar-refractivity contribution in [1.29, 1.82) is 0 Å². The first-order valence-corrected chi connectivity index (χ1v) is 7.38. The third kappa shape index (κ3) is 2.68. The zero-order chi connectivity index (χ0) is 14.7. The van der Waals surface area contributed by atoms with Crippen molar-refractivity contribution in [2.45, 2.75) is 38.0 Å². The standard InChI is InChI=1S/C16H19N3O2/c1-21-14-9-5-8-13(10-14)19-16(15(11-20)17-18-19)12-6-3-2-4-7-12/h5,8-12H,2-4,6-7H2,1H3. The molecule has 1 aliphatic carbocycles. The van der Waals surface area contributed by atoms with Gasteiger partial charge in [-0.05, 0) is 25.0 Å². The minimum atomic E-state index is 0.361. The zero-order valence-electron chi connectivity index (χ0n) is 12.2. The van der Waals surface area contributed by atoms with Gasteiger partial charge in [0.25, 0.3) is 0 Å². The van der Waals surface area contributed by atoms with Gasteiger partial charge in [-0.1, -0.05) is 30.5 Å². The number of nitrogens with zero attached hydrogens (tertiary/aromatic N) is 3. The molecule has 3 rings (SSSR count). The fourth-order valence-electron chi connectivity index (χ4n) is 3.08. The number of methoxy groups -OCH3 is 1. The molecule has 1 aromatic heterocycles. The first-order chi connectivity index (χ1) is 10.3. The van der Waals surface area contributed by atoms with Crippen LogP contribution in [-0.2, 0) is 0 Å². The van der Waals surface area contributed by atoms with Gasteiger partial charge in [0.05, 0.1) is 18.5 Å². The van der Waals surface area contributed by atoms with Crippen molar-refractivity contribution in [3.8, 4) is 11.4 Å². The van der Waals surface area contributed by atoms with E-state index in [2.05, 4.69) is 10.3 Å². The Labute approximate surface area is 123 Å². The number of carbonyl (C=O) groups excluding carboxylic acids is 1. The molecule has 0 bridgehead atoms. The number of hydrogen-bond donors (Lipinski definition) is 0. The maximum atomic E-state index is 11.3. The van der Waals surface area contributed by atoms with E-state index in [9.17, 15) is 4.79 Å². The summed E-state index contributed by atoms with van der Waals surface area (Å²) < 4.78 is 7.06. The van der Waals surface area contributed by atoms with Crippen molar-refractivity contribution in [1.82, 2.24) is 15.0 Å². The summed E-state index contributed by atoms with van der Waals surface area (Å²) in [6, 6.07) is 7.68. The molecule has 1 saturated carbocycles. The number of carbonyl (C=O) groups is 1. The van der Waals surface area contributed by atoms with E-state index in [1.54, 1.807) is 11.8 Å². The van der Waals surface area contributed by atoms with E-state index in [1.165, 1.54) is 19.3 Å². The summed E-state index contributed by atoms with van der Waals surface area (Å²) in [5, 5.41) is 8.23. The molecule has 0 N–H and O–H groups in total. The van der Waals surface area contributed by atoms with Crippen LogP contribution in [-0.4, -0.2) is 28.4 Å². The smallest absolute Gasteiger partial charge is 0.172 e. The summed E-state index contributed by atoms with van der Waals surface area (Å²) >= 11 is 0. The maximum absolute atomic E-state index is 11.3. The molecule has 5 heteroatoms. The average Bonchev–Trinajstić information content (AvgIpc) is 2.99. The molecule has 0 aliphatic heterocycles. The van der Waals surface area contributed by atoms with Crippen LogP contribution in [0.2, 0.25) is 0 Å². The molecule has 21 heavy (non-hydrogen) atoms. The zero-order valence-corrected chi connectivity index (χ0v) is 12.2. The second kappa shape index (κ2) is 6.08. The lowest BCUT2D eigenvalue weighted by Crippen LogP contribution is -2.12. The topological polar surface area (TPSA) is 57.0 Å². The van der Waals surface area contributed by atoms with Crippen molar-refractivity contribution >= 4 is 6.29 Å². The second-order valence-corrected chi connectivity index (χ2v) is 5.43. The first kappa shape index (κ1) is 13.8. The quantitative estimate of drug-likeness (QED) is 0.810. The van der Waals surface area contributed by atoms with Gasteiger partial charge in [-0.25, -0.2) is 4.68 Å². The molecule has 0 unspecified atom stereocenters. The normalized spacial score (nSPS) is 15.9. The van der Waals surface area contributed by atoms with Crippen LogP contribution in [0.3, 0.4) is 0 Å². The van der Waals surface area contributed by atoms with E-state index in [0.29, 0.717) is 11.6 Å². The summed E-state index contributed by atoms with van der Waals surface area (Å²) in [5.74, 6) is 1.13. The van der Waals surface area contributed by atoms with Gasteiger partial charge in [-0.2, -0.15) is 0 Å². The molecule has 2 aromatic rings. The highest BCUT2D eigenvalue weighted by atomic mass is 16.5. The molecular weight excluding hydrogens is 266 g/mol. The highest BCUT2D eigenvalue weighted by Gasteiger charge is 2.25. The van der Waals surface area contributed by atoms with E-state index in [1.807, 2.05) is 24.3 Å². The lowest BCUT2D eigenvalue weighted by molar-refractivity contribution is 0.111. The maximum Gasteiger partial charge on any atom is 0.172 e. The molecule has 1 aliphatic rings. The third-order valence-corrected chi connectivity index (χ3v) is 4.13. The minimum Gasteiger partial charge on any atom is -0.497 e. The van der Waals surface area contributed by atoms with Crippen molar-refractivity contribution in [2.75, 3.05) is 7.11 Å². The van der Waals surface area contributed by atoms with Crippen LogP contribution < -0.4 is 4.74 Å². The molecule has 1 aromatic carbocycles. The van der Waals surface area contributed by atoms with Gasteiger partial charge in [0, 0.05) is 12.0 Å². The molecule has 0 spiro atoms. The van der Waals surface area contributed by atoms with Crippen LogP contribution in [0.25, 0.3) is 5.69 Å².